The standard InChI is InChI=1S/C14H13BrN2/c15-12-3-1-9(2-4-12)11-5-10-6-13(16)7-14(10)17-8-11/h1-5,8,13H,6-7,16H2. The average Bonchev–Trinajstić information content (AvgIpc) is 2.69. The summed E-state index contributed by atoms with van der Waals surface area (Å²) in [6, 6.07) is 10.8. The fourth-order valence-electron chi connectivity index (χ4n) is 2.30. The maximum atomic E-state index is 5.95. The van der Waals surface area contributed by atoms with E-state index in [4.69, 9.17) is 5.73 Å². The lowest BCUT2D eigenvalue weighted by Crippen LogP contribution is -2.19. The Hall–Kier alpha value is -1.19. The van der Waals surface area contributed by atoms with Gasteiger partial charge in [-0.25, -0.2) is 0 Å². The normalized spacial score (nSPS) is 18.1. The van der Waals surface area contributed by atoms with E-state index < -0.39 is 0 Å². The fourth-order valence-corrected chi connectivity index (χ4v) is 2.57. The molecule has 86 valence electrons. The summed E-state index contributed by atoms with van der Waals surface area (Å²) in [4.78, 5) is 4.52. The van der Waals surface area contributed by atoms with Gasteiger partial charge in [0.25, 0.3) is 0 Å². The molecule has 1 aliphatic carbocycles. The molecule has 0 aliphatic heterocycles. The van der Waals surface area contributed by atoms with Gasteiger partial charge in [-0.2, -0.15) is 0 Å². The number of rotatable bonds is 1. The van der Waals surface area contributed by atoms with Crippen molar-refractivity contribution in [2.75, 3.05) is 0 Å². The highest BCUT2D eigenvalue weighted by atomic mass is 79.9. The number of nitrogens with zero attached hydrogens (tertiary/aromatic N) is 1. The van der Waals surface area contributed by atoms with Crippen LogP contribution in [0.4, 0.5) is 0 Å². The van der Waals surface area contributed by atoms with Gasteiger partial charge in [0.05, 0.1) is 0 Å². The molecular formula is C14H13BrN2. The van der Waals surface area contributed by atoms with Gasteiger partial charge in [-0.3, -0.25) is 4.98 Å². The van der Waals surface area contributed by atoms with Crippen LogP contribution in [-0.2, 0) is 12.8 Å². The van der Waals surface area contributed by atoms with Crippen molar-refractivity contribution >= 4 is 15.9 Å². The molecule has 0 fully saturated rings. The number of hydrogen-bond acceptors (Lipinski definition) is 2. The Bertz CT molecular complexity index is 549. The zero-order chi connectivity index (χ0) is 11.8. The topological polar surface area (TPSA) is 38.9 Å². The molecule has 2 aromatic rings. The SMILES string of the molecule is NC1Cc2cc(-c3ccc(Br)cc3)cnc2C1. The minimum Gasteiger partial charge on any atom is -0.327 e. The first-order valence-corrected chi connectivity index (χ1v) is 6.51. The van der Waals surface area contributed by atoms with Gasteiger partial charge in [0, 0.05) is 34.4 Å². The number of benzene rings is 1. The van der Waals surface area contributed by atoms with Crippen LogP contribution in [0.5, 0.6) is 0 Å². The van der Waals surface area contributed by atoms with Crippen molar-refractivity contribution in [1.82, 2.24) is 4.98 Å². The fraction of sp³-hybridized carbons (Fsp3) is 0.214. The molecule has 0 amide bonds. The molecule has 3 rings (SSSR count). The Kier molecular flexibility index (Phi) is 2.73. The third-order valence-electron chi connectivity index (χ3n) is 3.18. The van der Waals surface area contributed by atoms with Crippen LogP contribution < -0.4 is 5.73 Å². The molecule has 2 N–H and O–H groups in total. The van der Waals surface area contributed by atoms with E-state index in [0.29, 0.717) is 0 Å². The summed E-state index contributed by atoms with van der Waals surface area (Å²) in [5, 5.41) is 0. The van der Waals surface area contributed by atoms with Crippen molar-refractivity contribution in [2.45, 2.75) is 18.9 Å². The summed E-state index contributed by atoms with van der Waals surface area (Å²) in [7, 11) is 0. The lowest BCUT2D eigenvalue weighted by Gasteiger charge is -2.04. The van der Waals surface area contributed by atoms with Gasteiger partial charge in [0.15, 0.2) is 0 Å². The molecule has 1 aliphatic rings. The molecular weight excluding hydrogens is 276 g/mol. The van der Waals surface area contributed by atoms with E-state index in [2.05, 4.69) is 39.1 Å². The molecule has 0 radical (unpaired) electrons. The lowest BCUT2D eigenvalue weighted by atomic mass is 10.1. The van der Waals surface area contributed by atoms with Gasteiger partial charge in [-0.05, 0) is 35.7 Å². The molecule has 0 bridgehead atoms. The van der Waals surface area contributed by atoms with Crippen LogP contribution in [-0.4, -0.2) is 11.0 Å². The quantitative estimate of drug-likeness (QED) is 0.876. The number of halogens is 1. The van der Waals surface area contributed by atoms with Crippen LogP contribution in [0.1, 0.15) is 11.3 Å². The third-order valence-corrected chi connectivity index (χ3v) is 3.70. The minimum atomic E-state index is 0.248. The van der Waals surface area contributed by atoms with E-state index in [1.165, 1.54) is 22.4 Å². The van der Waals surface area contributed by atoms with Crippen molar-refractivity contribution < 1.29 is 0 Å². The summed E-state index contributed by atoms with van der Waals surface area (Å²) in [5.41, 5.74) is 10.8. The zero-order valence-corrected chi connectivity index (χ0v) is 10.9. The molecule has 1 heterocycles. The monoisotopic (exact) mass is 288 g/mol. The Morgan fingerprint density at radius 3 is 2.65 bits per heavy atom. The summed E-state index contributed by atoms with van der Waals surface area (Å²) in [6.45, 7) is 0. The smallest absolute Gasteiger partial charge is 0.0452 e. The number of aromatic nitrogens is 1. The highest BCUT2D eigenvalue weighted by Gasteiger charge is 2.19. The first-order valence-electron chi connectivity index (χ1n) is 5.72. The summed E-state index contributed by atoms with van der Waals surface area (Å²) in [6.07, 6.45) is 3.81. The molecule has 1 atom stereocenters. The Balaban J connectivity index is 2.00. The van der Waals surface area contributed by atoms with Crippen LogP contribution in [0.2, 0.25) is 0 Å². The van der Waals surface area contributed by atoms with Crippen LogP contribution in [0, 0.1) is 0 Å². The van der Waals surface area contributed by atoms with Crippen molar-refractivity contribution in [1.29, 1.82) is 0 Å². The maximum Gasteiger partial charge on any atom is 0.0452 e. The first kappa shape index (κ1) is 10.9. The van der Waals surface area contributed by atoms with E-state index in [1.54, 1.807) is 0 Å². The van der Waals surface area contributed by atoms with Gasteiger partial charge < -0.3 is 5.73 Å². The van der Waals surface area contributed by atoms with E-state index in [-0.39, 0.29) is 6.04 Å². The molecule has 0 saturated heterocycles. The van der Waals surface area contributed by atoms with E-state index in [9.17, 15) is 0 Å². The minimum absolute atomic E-state index is 0.248. The summed E-state index contributed by atoms with van der Waals surface area (Å²) >= 11 is 3.44. The molecule has 1 aromatic heterocycles. The van der Waals surface area contributed by atoms with Gasteiger partial charge in [-0.1, -0.05) is 28.1 Å². The first-order chi connectivity index (χ1) is 8.22. The number of nitrogens with two attached hydrogens (primary N) is 1. The highest BCUT2D eigenvalue weighted by Crippen LogP contribution is 2.26. The van der Waals surface area contributed by atoms with Crippen molar-refractivity contribution in [3.05, 3.63) is 52.3 Å². The highest BCUT2D eigenvalue weighted by molar-refractivity contribution is 9.10. The van der Waals surface area contributed by atoms with Crippen LogP contribution in [0.25, 0.3) is 11.1 Å². The van der Waals surface area contributed by atoms with Gasteiger partial charge >= 0.3 is 0 Å². The summed E-state index contributed by atoms with van der Waals surface area (Å²) in [5.74, 6) is 0. The van der Waals surface area contributed by atoms with Gasteiger partial charge in [0.1, 0.15) is 0 Å². The van der Waals surface area contributed by atoms with E-state index in [1.807, 2.05) is 18.3 Å². The summed E-state index contributed by atoms with van der Waals surface area (Å²) < 4.78 is 1.09. The van der Waals surface area contributed by atoms with Crippen LogP contribution in [0.3, 0.4) is 0 Å². The molecule has 1 aromatic carbocycles. The number of fused-ring (bicyclic) bond motifs is 1. The van der Waals surface area contributed by atoms with E-state index in [0.717, 1.165) is 17.3 Å². The molecule has 1 unspecified atom stereocenters. The Morgan fingerprint density at radius 2 is 1.88 bits per heavy atom. The second kappa shape index (κ2) is 4.24. The predicted molar refractivity (Wildman–Crippen MR) is 72.8 cm³/mol. The second-order valence-corrected chi connectivity index (χ2v) is 5.42. The third kappa shape index (κ3) is 2.13. The predicted octanol–water partition coefficient (Wildman–Crippen LogP) is 2.94. The second-order valence-electron chi connectivity index (χ2n) is 4.51. The molecule has 2 nitrogen and oxygen atoms in total. The van der Waals surface area contributed by atoms with Gasteiger partial charge in [-0.15, -0.1) is 0 Å². The molecule has 0 spiro atoms. The van der Waals surface area contributed by atoms with E-state index >= 15 is 0 Å². The Labute approximate surface area is 109 Å². The number of hydrogen-bond donors (Lipinski definition) is 1. The zero-order valence-electron chi connectivity index (χ0n) is 9.36. The van der Waals surface area contributed by atoms with Crippen molar-refractivity contribution in [3.8, 4) is 11.1 Å². The van der Waals surface area contributed by atoms with Crippen LogP contribution >= 0.6 is 15.9 Å². The maximum absolute atomic E-state index is 5.95. The molecule has 0 saturated carbocycles. The van der Waals surface area contributed by atoms with Crippen molar-refractivity contribution in [2.24, 2.45) is 5.73 Å². The molecule has 3 heteroatoms. The largest absolute Gasteiger partial charge is 0.327 e. The Morgan fingerprint density at radius 1 is 1.12 bits per heavy atom. The van der Waals surface area contributed by atoms with Crippen molar-refractivity contribution in [3.63, 3.8) is 0 Å². The van der Waals surface area contributed by atoms with Crippen LogP contribution in [0.15, 0.2) is 41.0 Å². The lowest BCUT2D eigenvalue weighted by molar-refractivity contribution is 0.716. The average molecular weight is 289 g/mol. The number of pyridine rings is 1. The van der Waals surface area contributed by atoms with Gasteiger partial charge in [0.2, 0.25) is 0 Å². The molecule has 17 heavy (non-hydrogen) atoms.